The van der Waals surface area contributed by atoms with Crippen molar-refractivity contribution in [2.75, 3.05) is 13.1 Å². The highest BCUT2D eigenvalue weighted by Gasteiger charge is 2.29. The summed E-state index contributed by atoms with van der Waals surface area (Å²) >= 11 is 0. The minimum atomic E-state index is 0.546. The van der Waals surface area contributed by atoms with E-state index in [1.807, 2.05) is 0 Å². The van der Waals surface area contributed by atoms with Gasteiger partial charge in [-0.05, 0) is 37.2 Å². The van der Waals surface area contributed by atoms with Crippen LogP contribution >= 0.6 is 0 Å². The highest BCUT2D eigenvalue weighted by atomic mass is 15.2. The monoisotopic (exact) mass is 272 g/mol. The third-order valence-electron chi connectivity index (χ3n) is 5.25. The lowest BCUT2D eigenvalue weighted by atomic mass is 9.80. The van der Waals surface area contributed by atoms with Gasteiger partial charge in [0.25, 0.3) is 0 Å². The number of benzene rings is 1. The van der Waals surface area contributed by atoms with Gasteiger partial charge in [-0.3, -0.25) is 0 Å². The van der Waals surface area contributed by atoms with E-state index in [2.05, 4.69) is 48.7 Å². The topological polar surface area (TPSA) is 24.1 Å². The Bertz CT molecular complexity index is 410. The van der Waals surface area contributed by atoms with Crippen molar-refractivity contribution in [2.24, 2.45) is 11.8 Å². The van der Waals surface area contributed by atoms with Gasteiger partial charge in [-0.25, -0.2) is 0 Å². The van der Waals surface area contributed by atoms with E-state index in [4.69, 9.17) is 0 Å². The molecule has 2 nitrogen and oxygen atoms in total. The molecule has 20 heavy (non-hydrogen) atoms. The number of hydrogen-bond acceptors (Lipinski definition) is 2. The molecule has 0 radical (unpaired) electrons. The summed E-state index contributed by atoms with van der Waals surface area (Å²) in [6.07, 6.45) is 6.14. The van der Waals surface area contributed by atoms with Crippen LogP contribution in [0.25, 0.3) is 0 Å². The van der Waals surface area contributed by atoms with Crippen molar-refractivity contribution in [1.29, 1.82) is 0 Å². The van der Waals surface area contributed by atoms with Crippen molar-refractivity contribution < 1.29 is 0 Å². The molecular formula is C18H28N2. The van der Waals surface area contributed by atoms with Gasteiger partial charge in [0.2, 0.25) is 0 Å². The molecule has 1 aromatic carbocycles. The van der Waals surface area contributed by atoms with Crippen LogP contribution in [-0.4, -0.2) is 19.3 Å². The molecule has 2 aliphatic rings. The maximum atomic E-state index is 3.76. The minimum absolute atomic E-state index is 0.546. The van der Waals surface area contributed by atoms with Crippen molar-refractivity contribution in [3.63, 3.8) is 0 Å². The van der Waals surface area contributed by atoms with Gasteiger partial charge < -0.3 is 10.6 Å². The second-order valence-corrected chi connectivity index (χ2v) is 6.92. The molecule has 3 rings (SSSR count). The van der Waals surface area contributed by atoms with Gasteiger partial charge in [-0.1, -0.05) is 49.6 Å². The second-order valence-electron chi connectivity index (χ2n) is 6.92. The highest BCUT2D eigenvalue weighted by Crippen LogP contribution is 2.31. The average Bonchev–Trinajstić information content (AvgIpc) is 2.49. The summed E-state index contributed by atoms with van der Waals surface area (Å²) in [4.78, 5) is 0. The molecule has 1 aliphatic heterocycles. The van der Waals surface area contributed by atoms with E-state index in [-0.39, 0.29) is 0 Å². The number of nitrogens with one attached hydrogen (secondary N) is 2. The predicted molar refractivity (Wildman–Crippen MR) is 84.8 cm³/mol. The van der Waals surface area contributed by atoms with Crippen molar-refractivity contribution in [3.05, 3.63) is 35.4 Å². The van der Waals surface area contributed by atoms with E-state index in [1.165, 1.54) is 36.8 Å². The van der Waals surface area contributed by atoms with Crippen LogP contribution in [0, 0.1) is 18.8 Å². The van der Waals surface area contributed by atoms with E-state index in [1.54, 1.807) is 0 Å². The SMILES string of the molecule is Cc1ccc(C2CNC(C3CCC(C)CC3)NC2)cc1. The second kappa shape index (κ2) is 6.28. The van der Waals surface area contributed by atoms with E-state index in [0.717, 1.165) is 24.9 Å². The molecule has 2 heteroatoms. The maximum Gasteiger partial charge on any atom is 0.0601 e. The molecule has 1 heterocycles. The fourth-order valence-electron chi connectivity index (χ4n) is 3.71. The van der Waals surface area contributed by atoms with Gasteiger partial charge in [0.1, 0.15) is 0 Å². The molecule has 1 aromatic rings. The molecule has 1 saturated heterocycles. The normalized spacial score (nSPS) is 34.9. The van der Waals surface area contributed by atoms with Crippen molar-refractivity contribution in [1.82, 2.24) is 10.6 Å². The van der Waals surface area contributed by atoms with Crippen LogP contribution in [0.2, 0.25) is 0 Å². The summed E-state index contributed by atoms with van der Waals surface area (Å²) < 4.78 is 0. The zero-order valence-electron chi connectivity index (χ0n) is 12.9. The van der Waals surface area contributed by atoms with Crippen LogP contribution in [0.3, 0.4) is 0 Å². The predicted octanol–water partition coefficient (Wildman–Crippen LogP) is 3.42. The summed E-state index contributed by atoms with van der Waals surface area (Å²) in [5.74, 6) is 2.40. The Labute approximate surface area is 123 Å². The molecule has 0 amide bonds. The van der Waals surface area contributed by atoms with E-state index < -0.39 is 0 Å². The average molecular weight is 272 g/mol. The standard InChI is InChI=1S/C18H28N2/c1-13-3-7-15(8-4-13)17-11-19-18(20-12-17)16-9-5-14(2)6-10-16/h3-4,7-8,14,16-20H,5-6,9-12H2,1-2H3. The van der Waals surface area contributed by atoms with Gasteiger partial charge >= 0.3 is 0 Å². The van der Waals surface area contributed by atoms with Crippen LogP contribution in [-0.2, 0) is 0 Å². The third kappa shape index (κ3) is 3.24. The van der Waals surface area contributed by atoms with E-state index >= 15 is 0 Å². The molecule has 2 fully saturated rings. The largest absolute Gasteiger partial charge is 0.301 e. The van der Waals surface area contributed by atoms with Crippen molar-refractivity contribution >= 4 is 0 Å². The zero-order chi connectivity index (χ0) is 13.9. The highest BCUT2D eigenvalue weighted by molar-refractivity contribution is 5.25. The Kier molecular flexibility index (Phi) is 4.42. The quantitative estimate of drug-likeness (QED) is 0.862. The Hall–Kier alpha value is -0.860. The molecule has 1 saturated carbocycles. The molecule has 0 unspecified atom stereocenters. The van der Waals surface area contributed by atoms with E-state index in [9.17, 15) is 0 Å². The molecule has 0 spiro atoms. The molecule has 1 aliphatic carbocycles. The van der Waals surface area contributed by atoms with E-state index in [0.29, 0.717) is 12.1 Å². The van der Waals surface area contributed by atoms with Crippen molar-refractivity contribution in [2.45, 2.75) is 51.6 Å². The molecular weight excluding hydrogens is 244 g/mol. The van der Waals surface area contributed by atoms with Crippen LogP contribution in [0.4, 0.5) is 0 Å². The number of hydrogen-bond donors (Lipinski definition) is 2. The summed E-state index contributed by atoms with van der Waals surface area (Å²) in [5.41, 5.74) is 2.81. The maximum absolute atomic E-state index is 3.76. The van der Waals surface area contributed by atoms with Gasteiger partial charge in [-0.15, -0.1) is 0 Å². The van der Waals surface area contributed by atoms with Crippen LogP contribution < -0.4 is 10.6 Å². The molecule has 2 N–H and O–H groups in total. The summed E-state index contributed by atoms with van der Waals surface area (Å²) in [6.45, 7) is 6.78. The first-order valence-corrected chi connectivity index (χ1v) is 8.25. The summed E-state index contributed by atoms with van der Waals surface area (Å²) in [6, 6.07) is 9.02. The zero-order valence-corrected chi connectivity index (χ0v) is 12.9. The first kappa shape index (κ1) is 14.1. The number of aryl methyl sites for hydroxylation is 1. The molecule has 0 aromatic heterocycles. The minimum Gasteiger partial charge on any atom is -0.301 e. The van der Waals surface area contributed by atoms with Gasteiger partial charge in [0.15, 0.2) is 0 Å². The van der Waals surface area contributed by atoms with Crippen LogP contribution in [0.15, 0.2) is 24.3 Å². The first-order chi connectivity index (χ1) is 9.72. The molecule has 0 atom stereocenters. The molecule has 110 valence electrons. The summed E-state index contributed by atoms with van der Waals surface area (Å²) in [7, 11) is 0. The van der Waals surface area contributed by atoms with Gasteiger partial charge in [0.05, 0.1) is 6.17 Å². The lowest BCUT2D eigenvalue weighted by molar-refractivity contribution is 0.183. The first-order valence-electron chi connectivity index (χ1n) is 8.25. The summed E-state index contributed by atoms with van der Waals surface area (Å²) in [5, 5.41) is 7.51. The van der Waals surface area contributed by atoms with Gasteiger partial charge in [-0.2, -0.15) is 0 Å². The lowest BCUT2D eigenvalue weighted by Gasteiger charge is -2.39. The van der Waals surface area contributed by atoms with Crippen LogP contribution in [0.1, 0.15) is 49.7 Å². The number of rotatable bonds is 2. The van der Waals surface area contributed by atoms with Gasteiger partial charge in [0, 0.05) is 19.0 Å². The Morgan fingerprint density at radius 2 is 1.50 bits per heavy atom. The Balaban J connectivity index is 1.53. The van der Waals surface area contributed by atoms with Crippen molar-refractivity contribution in [3.8, 4) is 0 Å². The lowest BCUT2D eigenvalue weighted by Crippen LogP contribution is -2.55. The third-order valence-corrected chi connectivity index (χ3v) is 5.25. The Morgan fingerprint density at radius 3 is 2.10 bits per heavy atom. The smallest absolute Gasteiger partial charge is 0.0601 e. The fourth-order valence-corrected chi connectivity index (χ4v) is 3.71. The molecule has 0 bridgehead atoms. The Morgan fingerprint density at radius 1 is 0.900 bits per heavy atom. The fraction of sp³-hybridized carbons (Fsp3) is 0.667. The van der Waals surface area contributed by atoms with Crippen LogP contribution in [0.5, 0.6) is 0 Å².